The van der Waals surface area contributed by atoms with Gasteiger partial charge in [-0.3, -0.25) is 10.1 Å². The molecule has 4 aromatic rings. The first-order chi connectivity index (χ1) is 11.7. The number of aromatic amines is 1. The van der Waals surface area contributed by atoms with Crippen LogP contribution in [0.4, 0.5) is 5.69 Å². The van der Waals surface area contributed by atoms with Crippen LogP contribution in [0.5, 0.6) is 0 Å². The van der Waals surface area contributed by atoms with E-state index in [2.05, 4.69) is 15.0 Å². The molecule has 0 spiro atoms. The third-order valence-electron chi connectivity index (χ3n) is 3.86. The Bertz CT molecular complexity index is 1040. The second-order valence-corrected chi connectivity index (χ2v) is 5.35. The zero-order valence-corrected chi connectivity index (χ0v) is 12.5. The molecule has 6 nitrogen and oxygen atoms in total. The van der Waals surface area contributed by atoms with E-state index in [0.717, 1.165) is 16.6 Å². The average molecular weight is 316 g/mol. The van der Waals surface area contributed by atoms with Crippen molar-refractivity contribution >= 4 is 16.7 Å². The lowest BCUT2D eigenvalue weighted by Crippen LogP contribution is -1.95. The number of hydrogen-bond donors (Lipinski definition) is 1. The molecule has 0 fully saturated rings. The molecule has 0 aliphatic carbocycles. The minimum absolute atomic E-state index is 0.0358. The fourth-order valence-corrected chi connectivity index (χ4v) is 2.68. The Morgan fingerprint density at radius 1 is 0.958 bits per heavy atom. The number of benzene rings is 1. The van der Waals surface area contributed by atoms with Crippen molar-refractivity contribution in [2.24, 2.45) is 0 Å². The molecule has 116 valence electrons. The van der Waals surface area contributed by atoms with E-state index in [1.54, 1.807) is 18.5 Å². The van der Waals surface area contributed by atoms with Crippen molar-refractivity contribution in [3.05, 3.63) is 77.2 Å². The zero-order valence-electron chi connectivity index (χ0n) is 12.5. The number of hydrogen-bond acceptors (Lipinski definition) is 4. The molecule has 24 heavy (non-hydrogen) atoms. The maximum atomic E-state index is 11.4. The van der Waals surface area contributed by atoms with Gasteiger partial charge in [-0.15, -0.1) is 0 Å². The van der Waals surface area contributed by atoms with Crippen molar-refractivity contribution in [2.45, 2.75) is 0 Å². The molecule has 0 aliphatic rings. The topological polar surface area (TPSA) is 84.7 Å². The summed E-state index contributed by atoms with van der Waals surface area (Å²) in [5.74, 6) is 0. The van der Waals surface area contributed by atoms with Crippen LogP contribution in [0, 0.1) is 10.1 Å². The normalized spacial score (nSPS) is 10.8. The highest BCUT2D eigenvalue weighted by atomic mass is 16.6. The van der Waals surface area contributed by atoms with Crippen LogP contribution in [-0.2, 0) is 0 Å². The molecule has 0 radical (unpaired) electrons. The molecule has 6 heteroatoms. The summed E-state index contributed by atoms with van der Waals surface area (Å²) in [5.41, 5.74) is 3.50. The average Bonchev–Trinajstić information content (AvgIpc) is 3.09. The third-order valence-corrected chi connectivity index (χ3v) is 3.86. The number of nitrogens with one attached hydrogen (secondary N) is 1. The number of pyridine rings is 2. The smallest absolute Gasteiger partial charge is 0.295 e. The summed E-state index contributed by atoms with van der Waals surface area (Å²) in [5, 5.41) is 12.3. The second-order valence-electron chi connectivity index (χ2n) is 5.35. The highest BCUT2D eigenvalue weighted by Crippen LogP contribution is 2.33. The maximum absolute atomic E-state index is 11.4. The molecule has 3 aromatic heterocycles. The van der Waals surface area contributed by atoms with Crippen molar-refractivity contribution < 1.29 is 4.92 Å². The monoisotopic (exact) mass is 316 g/mol. The van der Waals surface area contributed by atoms with Crippen LogP contribution in [0.15, 0.2) is 67.1 Å². The Morgan fingerprint density at radius 2 is 1.79 bits per heavy atom. The summed E-state index contributed by atoms with van der Waals surface area (Å²) in [6.07, 6.45) is 4.73. The van der Waals surface area contributed by atoms with Crippen LogP contribution in [0.2, 0.25) is 0 Å². The summed E-state index contributed by atoms with van der Waals surface area (Å²) in [6.45, 7) is 0. The summed E-state index contributed by atoms with van der Waals surface area (Å²) < 4.78 is 0. The van der Waals surface area contributed by atoms with Gasteiger partial charge in [0.15, 0.2) is 0 Å². The van der Waals surface area contributed by atoms with E-state index in [1.807, 2.05) is 42.5 Å². The van der Waals surface area contributed by atoms with Gasteiger partial charge in [0.25, 0.3) is 5.69 Å². The van der Waals surface area contributed by atoms with Crippen LogP contribution in [0.3, 0.4) is 0 Å². The molecule has 0 unspecified atom stereocenters. The predicted octanol–water partition coefficient (Wildman–Crippen LogP) is 4.20. The van der Waals surface area contributed by atoms with Crippen LogP contribution in [-0.4, -0.2) is 19.9 Å². The predicted molar refractivity (Wildman–Crippen MR) is 91.4 cm³/mol. The maximum Gasteiger partial charge on any atom is 0.295 e. The fraction of sp³-hybridized carbons (Fsp3) is 0. The van der Waals surface area contributed by atoms with Gasteiger partial charge in [0.05, 0.1) is 16.2 Å². The molecule has 0 saturated carbocycles. The lowest BCUT2D eigenvalue weighted by Gasteiger charge is -2.06. The molecule has 0 saturated heterocycles. The van der Waals surface area contributed by atoms with E-state index in [4.69, 9.17) is 0 Å². The van der Waals surface area contributed by atoms with E-state index in [-0.39, 0.29) is 5.69 Å². The van der Waals surface area contributed by atoms with Gasteiger partial charge in [0, 0.05) is 28.9 Å². The molecule has 3 heterocycles. The minimum atomic E-state index is -0.418. The van der Waals surface area contributed by atoms with E-state index in [1.165, 1.54) is 6.20 Å². The van der Waals surface area contributed by atoms with Crippen LogP contribution >= 0.6 is 0 Å². The molecular weight excluding hydrogens is 304 g/mol. The molecule has 0 aliphatic heterocycles. The molecular formula is C18H12N4O2. The van der Waals surface area contributed by atoms with E-state index in [0.29, 0.717) is 16.8 Å². The van der Waals surface area contributed by atoms with Gasteiger partial charge in [-0.2, -0.15) is 0 Å². The number of nitro groups is 1. The Morgan fingerprint density at radius 3 is 2.58 bits per heavy atom. The number of nitrogens with zero attached hydrogens (tertiary/aromatic N) is 3. The van der Waals surface area contributed by atoms with Gasteiger partial charge >= 0.3 is 0 Å². The molecule has 4 rings (SSSR count). The first-order valence-electron chi connectivity index (χ1n) is 7.36. The number of rotatable bonds is 3. The van der Waals surface area contributed by atoms with Crippen molar-refractivity contribution in [1.82, 2.24) is 15.0 Å². The lowest BCUT2D eigenvalue weighted by molar-refractivity contribution is -0.384. The lowest BCUT2D eigenvalue weighted by atomic mass is 10.0. The number of H-pyrrole nitrogens is 1. The van der Waals surface area contributed by atoms with Crippen molar-refractivity contribution in [2.75, 3.05) is 0 Å². The Hall–Kier alpha value is -3.54. The Balaban J connectivity index is 1.92. The van der Waals surface area contributed by atoms with Crippen molar-refractivity contribution in [3.63, 3.8) is 0 Å². The van der Waals surface area contributed by atoms with E-state index in [9.17, 15) is 10.1 Å². The van der Waals surface area contributed by atoms with E-state index >= 15 is 0 Å². The summed E-state index contributed by atoms with van der Waals surface area (Å²) in [4.78, 5) is 22.6. The van der Waals surface area contributed by atoms with Crippen molar-refractivity contribution in [3.8, 4) is 22.4 Å². The largest absolute Gasteiger partial charge is 0.346 e. The van der Waals surface area contributed by atoms with Gasteiger partial charge in [0.1, 0.15) is 11.8 Å². The number of fused-ring (bicyclic) bond motifs is 1. The first kappa shape index (κ1) is 14.1. The molecule has 0 bridgehead atoms. The molecule has 0 amide bonds. The summed E-state index contributed by atoms with van der Waals surface area (Å²) in [7, 11) is 0. The Kier molecular flexibility index (Phi) is 3.28. The fourth-order valence-electron chi connectivity index (χ4n) is 2.68. The highest BCUT2D eigenvalue weighted by Gasteiger charge is 2.18. The first-order valence-corrected chi connectivity index (χ1v) is 7.36. The quantitative estimate of drug-likeness (QED) is 0.453. The van der Waals surface area contributed by atoms with E-state index < -0.39 is 4.92 Å². The van der Waals surface area contributed by atoms with Crippen LogP contribution < -0.4 is 0 Å². The summed E-state index contributed by atoms with van der Waals surface area (Å²) in [6, 6.07) is 15.1. The minimum Gasteiger partial charge on any atom is -0.346 e. The standard InChI is InChI=1S/C18H12N4O2/c23-22(24)17-11-20-16(12-4-2-1-3-5-12)9-15(17)14-8-13-6-7-19-18(13)21-10-14/h1-11H,(H,19,21). The third kappa shape index (κ3) is 2.40. The zero-order chi connectivity index (χ0) is 16.5. The SMILES string of the molecule is O=[N+]([O-])c1cnc(-c2ccccc2)cc1-c1cnc2[nH]ccc2c1. The Labute approximate surface area is 137 Å². The van der Waals surface area contributed by atoms with Crippen molar-refractivity contribution in [1.29, 1.82) is 0 Å². The summed E-state index contributed by atoms with van der Waals surface area (Å²) >= 11 is 0. The van der Waals surface area contributed by atoms with Crippen LogP contribution in [0.25, 0.3) is 33.4 Å². The van der Waals surface area contributed by atoms with Crippen LogP contribution in [0.1, 0.15) is 0 Å². The molecule has 1 N–H and O–H groups in total. The van der Waals surface area contributed by atoms with Gasteiger partial charge in [0.2, 0.25) is 0 Å². The van der Waals surface area contributed by atoms with Gasteiger partial charge in [-0.05, 0) is 18.2 Å². The van der Waals surface area contributed by atoms with Gasteiger partial charge < -0.3 is 4.98 Å². The highest BCUT2D eigenvalue weighted by molar-refractivity contribution is 5.85. The number of aromatic nitrogens is 3. The van der Waals surface area contributed by atoms with Gasteiger partial charge in [-0.25, -0.2) is 9.97 Å². The van der Waals surface area contributed by atoms with Gasteiger partial charge in [-0.1, -0.05) is 30.3 Å². The molecule has 0 atom stereocenters. The molecule has 1 aromatic carbocycles. The second kappa shape index (κ2) is 5.58.